The monoisotopic (exact) mass is 175 g/mol. The number of carbonyl (C=O) groups is 1. The molecule has 0 aliphatic heterocycles. The van der Waals surface area contributed by atoms with E-state index >= 15 is 0 Å². The average molecular weight is 175 g/mol. The molecule has 0 rings (SSSR count). The van der Waals surface area contributed by atoms with Crippen LogP contribution in [0, 0.1) is 0 Å². The van der Waals surface area contributed by atoms with Gasteiger partial charge in [0.05, 0.1) is 13.2 Å². The van der Waals surface area contributed by atoms with Crippen LogP contribution in [0.25, 0.3) is 0 Å². The van der Waals surface area contributed by atoms with Crippen molar-refractivity contribution in [2.24, 2.45) is 5.84 Å². The molecule has 1 amide bonds. The fraction of sp³-hybridized carbons (Fsp3) is 0.857. The Labute approximate surface area is 72.5 Å². The van der Waals surface area contributed by atoms with Crippen molar-refractivity contribution in [1.29, 1.82) is 0 Å². The lowest BCUT2D eigenvalue weighted by molar-refractivity contribution is -0.122. The average Bonchev–Trinajstić information content (AvgIpc) is 2.03. The summed E-state index contributed by atoms with van der Waals surface area (Å²) in [5, 5.41) is 8.67. The summed E-state index contributed by atoms with van der Waals surface area (Å²) < 4.78 is 0. The number of carbonyl (C=O) groups excluding carboxylic acids is 1. The fourth-order valence-corrected chi connectivity index (χ4v) is 0.878. The second kappa shape index (κ2) is 5.93. The van der Waals surface area contributed by atoms with Gasteiger partial charge in [-0.05, 0) is 13.8 Å². The molecule has 72 valence electrons. The van der Waals surface area contributed by atoms with Crippen molar-refractivity contribution < 1.29 is 9.90 Å². The number of hydrazine groups is 1. The van der Waals surface area contributed by atoms with Gasteiger partial charge in [-0.2, -0.15) is 0 Å². The van der Waals surface area contributed by atoms with Gasteiger partial charge in [-0.3, -0.25) is 15.1 Å². The first-order chi connectivity index (χ1) is 5.61. The lowest BCUT2D eigenvalue weighted by Crippen LogP contribution is -2.44. The summed E-state index contributed by atoms with van der Waals surface area (Å²) in [6, 6.07) is 0.231. The summed E-state index contributed by atoms with van der Waals surface area (Å²) in [7, 11) is 0. The van der Waals surface area contributed by atoms with Gasteiger partial charge < -0.3 is 5.11 Å². The Hall–Kier alpha value is -0.650. The number of hydrogen-bond acceptors (Lipinski definition) is 4. The number of aliphatic hydroxyl groups is 1. The van der Waals surface area contributed by atoms with Gasteiger partial charge in [0.15, 0.2) is 0 Å². The minimum Gasteiger partial charge on any atom is -0.395 e. The summed E-state index contributed by atoms with van der Waals surface area (Å²) in [5.74, 6) is 4.69. The number of nitrogens with one attached hydrogen (secondary N) is 1. The van der Waals surface area contributed by atoms with Crippen LogP contribution in [-0.2, 0) is 4.79 Å². The Morgan fingerprint density at radius 3 is 2.58 bits per heavy atom. The second-order valence-electron chi connectivity index (χ2n) is 2.86. The van der Waals surface area contributed by atoms with Crippen LogP contribution in [0.3, 0.4) is 0 Å². The Bertz CT molecular complexity index is 139. The molecule has 5 heteroatoms. The van der Waals surface area contributed by atoms with Crippen molar-refractivity contribution in [2.75, 3.05) is 19.7 Å². The third-order valence-corrected chi connectivity index (χ3v) is 1.63. The number of hydrogen-bond donors (Lipinski definition) is 3. The van der Waals surface area contributed by atoms with Gasteiger partial charge >= 0.3 is 0 Å². The molecule has 0 radical (unpaired) electrons. The maximum absolute atomic E-state index is 10.8. The van der Waals surface area contributed by atoms with Crippen LogP contribution < -0.4 is 11.3 Å². The fourth-order valence-electron chi connectivity index (χ4n) is 0.878. The van der Waals surface area contributed by atoms with Crippen molar-refractivity contribution in [3.8, 4) is 0 Å². The predicted octanol–water partition coefficient (Wildman–Crippen LogP) is -1.32. The van der Waals surface area contributed by atoms with Crippen molar-refractivity contribution in [3.05, 3.63) is 0 Å². The molecule has 0 aromatic heterocycles. The number of aliphatic hydroxyl groups excluding tert-OH is 1. The summed E-state index contributed by atoms with van der Waals surface area (Å²) in [4.78, 5) is 12.7. The first-order valence-electron chi connectivity index (χ1n) is 3.96. The third kappa shape index (κ3) is 4.27. The Kier molecular flexibility index (Phi) is 5.61. The van der Waals surface area contributed by atoms with Crippen LogP contribution in [0.2, 0.25) is 0 Å². The van der Waals surface area contributed by atoms with Crippen LogP contribution in [0.5, 0.6) is 0 Å². The number of nitrogens with zero attached hydrogens (tertiary/aromatic N) is 1. The zero-order chi connectivity index (χ0) is 9.56. The third-order valence-electron chi connectivity index (χ3n) is 1.63. The minimum absolute atomic E-state index is 0.0516. The molecular formula is C7H17N3O2. The van der Waals surface area contributed by atoms with Crippen LogP contribution in [-0.4, -0.2) is 41.7 Å². The van der Waals surface area contributed by atoms with Gasteiger partial charge in [0, 0.05) is 12.6 Å². The van der Waals surface area contributed by atoms with E-state index < -0.39 is 0 Å². The van der Waals surface area contributed by atoms with E-state index in [9.17, 15) is 4.79 Å². The smallest absolute Gasteiger partial charge is 0.248 e. The molecule has 0 aromatic carbocycles. The molecule has 0 saturated heterocycles. The van der Waals surface area contributed by atoms with Crippen LogP contribution in [0.1, 0.15) is 13.8 Å². The molecule has 0 saturated carbocycles. The van der Waals surface area contributed by atoms with Crippen LogP contribution >= 0.6 is 0 Å². The highest BCUT2D eigenvalue weighted by Gasteiger charge is 2.11. The zero-order valence-electron chi connectivity index (χ0n) is 7.58. The Morgan fingerprint density at radius 1 is 1.67 bits per heavy atom. The van der Waals surface area contributed by atoms with Crippen LogP contribution in [0.4, 0.5) is 0 Å². The van der Waals surface area contributed by atoms with Gasteiger partial charge in [-0.25, -0.2) is 5.84 Å². The summed E-state index contributed by atoms with van der Waals surface area (Å²) in [6.45, 7) is 4.69. The van der Waals surface area contributed by atoms with Gasteiger partial charge in [-0.15, -0.1) is 0 Å². The number of amides is 1. The van der Waals surface area contributed by atoms with Crippen molar-refractivity contribution in [3.63, 3.8) is 0 Å². The standard InChI is InChI=1S/C7H17N3O2/c1-6(2)10(3-4-11)5-7(12)9-8/h6,11H,3-5,8H2,1-2H3,(H,9,12). The van der Waals surface area contributed by atoms with E-state index in [4.69, 9.17) is 10.9 Å². The van der Waals surface area contributed by atoms with Gasteiger partial charge in [-0.1, -0.05) is 0 Å². The Balaban J connectivity index is 3.86. The normalized spacial score (nSPS) is 10.8. The lowest BCUT2D eigenvalue weighted by Gasteiger charge is -2.24. The van der Waals surface area contributed by atoms with E-state index in [0.29, 0.717) is 6.54 Å². The molecule has 0 bridgehead atoms. The molecule has 0 aliphatic carbocycles. The van der Waals surface area contributed by atoms with Crippen molar-refractivity contribution in [1.82, 2.24) is 10.3 Å². The van der Waals surface area contributed by atoms with E-state index in [2.05, 4.69) is 0 Å². The highest BCUT2D eigenvalue weighted by Crippen LogP contribution is 1.95. The van der Waals surface area contributed by atoms with E-state index in [1.807, 2.05) is 24.2 Å². The molecule has 0 aliphatic rings. The second-order valence-corrected chi connectivity index (χ2v) is 2.86. The minimum atomic E-state index is -0.239. The quantitative estimate of drug-likeness (QED) is 0.275. The van der Waals surface area contributed by atoms with Crippen LogP contribution in [0.15, 0.2) is 0 Å². The molecule has 0 atom stereocenters. The number of nitrogens with two attached hydrogens (primary N) is 1. The highest BCUT2D eigenvalue weighted by atomic mass is 16.3. The number of rotatable bonds is 5. The van der Waals surface area contributed by atoms with E-state index in [1.165, 1.54) is 0 Å². The van der Waals surface area contributed by atoms with E-state index in [-0.39, 0.29) is 25.1 Å². The maximum Gasteiger partial charge on any atom is 0.248 e. The molecule has 0 aromatic rings. The van der Waals surface area contributed by atoms with Gasteiger partial charge in [0.25, 0.3) is 0 Å². The van der Waals surface area contributed by atoms with E-state index in [0.717, 1.165) is 0 Å². The molecule has 4 N–H and O–H groups in total. The highest BCUT2D eigenvalue weighted by molar-refractivity contribution is 5.77. The molecule has 0 spiro atoms. The van der Waals surface area contributed by atoms with Crippen molar-refractivity contribution >= 4 is 5.91 Å². The molecule has 0 fully saturated rings. The van der Waals surface area contributed by atoms with Crippen molar-refractivity contribution in [2.45, 2.75) is 19.9 Å². The Morgan fingerprint density at radius 2 is 2.25 bits per heavy atom. The predicted molar refractivity (Wildman–Crippen MR) is 46.1 cm³/mol. The largest absolute Gasteiger partial charge is 0.395 e. The zero-order valence-corrected chi connectivity index (χ0v) is 7.58. The van der Waals surface area contributed by atoms with Gasteiger partial charge in [0.2, 0.25) is 5.91 Å². The molecular weight excluding hydrogens is 158 g/mol. The van der Waals surface area contributed by atoms with E-state index in [1.54, 1.807) is 0 Å². The summed E-state index contributed by atoms with van der Waals surface area (Å²) in [5.41, 5.74) is 2.05. The first kappa shape index (κ1) is 11.4. The van der Waals surface area contributed by atoms with Gasteiger partial charge in [0.1, 0.15) is 0 Å². The summed E-state index contributed by atoms with van der Waals surface area (Å²) >= 11 is 0. The SMILES string of the molecule is CC(C)N(CCO)CC(=O)NN. The lowest BCUT2D eigenvalue weighted by atomic mass is 10.3. The topological polar surface area (TPSA) is 78.6 Å². The molecule has 0 unspecified atom stereocenters. The maximum atomic E-state index is 10.8. The molecule has 5 nitrogen and oxygen atoms in total. The summed E-state index contributed by atoms with van der Waals surface area (Å²) in [6.07, 6.45) is 0. The molecule has 12 heavy (non-hydrogen) atoms. The first-order valence-corrected chi connectivity index (χ1v) is 3.96. The molecule has 0 heterocycles.